The van der Waals surface area contributed by atoms with Gasteiger partial charge in [-0.05, 0) is 60.7 Å². The number of aromatic nitrogens is 4. The highest BCUT2D eigenvalue weighted by Gasteiger charge is 2.13. The van der Waals surface area contributed by atoms with Gasteiger partial charge in [0.2, 0.25) is 11.9 Å². The van der Waals surface area contributed by atoms with Crippen LogP contribution < -0.4 is 10.6 Å². The standard InChI is InChI=1S/C22H14Cl2N6O2/c23-13-5-7-15-17(9-13)27-21(25-15)29-19(31)11-1-2-12(4-3-11)20(32)30-22-26-16-8-6-14(24)10-18(16)28-22/h1-10H,(H2,25,27,29,31)(H2,26,28,30,32). The van der Waals surface area contributed by atoms with Crippen LogP contribution in [0.15, 0.2) is 60.7 Å². The van der Waals surface area contributed by atoms with Gasteiger partial charge in [-0.15, -0.1) is 0 Å². The van der Waals surface area contributed by atoms with E-state index in [1.165, 1.54) is 0 Å². The van der Waals surface area contributed by atoms with E-state index in [0.717, 1.165) is 11.0 Å². The molecule has 0 radical (unpaired) electrons. The molecule has 3 aromatic carbocycles. The summed E-state index contributed by atoms with van der Waals surface area (Å²) >= 11 is 11.9. The maximum Gasteiger partial charge on any atom is 0.257 e. The van der Waals surface area contributed by atoms with Crippen molar-refractivity contribution < 1.29 is 9.59 Å². The Labute approximate surface area is 191 Å². The van der Waals surface area contributed by atoms with Crippen molar-refractivity contribution in [2.45, 2.75) is 0 Å². The average molecular weight is 465 g/mol. The zero-order valence-corrected chi connectivity index (χ0v) is 17.8. The summed E-state index contributed by atoms with van der Waals surface area (Å²) in [5, 5.41) is 6.52. The van der Waals surface area contributed by atoms with Gasteiger partial charge < -0.3 is 9.97 Å². The third-order valence-electron chi connectivity index (χ3n) is 4.76. The fourth-order valence-corrected chi connectivity index (χ4v) is 3.54. The first kappa shape index (κ1) is 20.0. The largest absolute Gasteiger partial charge is 0.324 e. The summed E-state index contributed by atoms with van der Waals surface area (Å²) < 4.78 is 0. The lowest BCUT2D eigenvalue weighted by atomic mass is 10.1. The lowest BCUT2D eigenvalue weighted by molar-refractivity contribution is 0.101. The fourth-order valence-electron chi connectivity index (χ4n) is 3.21. The molecule has 0 fully saturated rings. The molecule has 0 atom stereocenters. The SMILES string of the molecule is O=C(Nc1nc2cc(Cl)ccc2[nH]1)c1ccc(C(=O)Nc2nc3cc(Cl)ccc3[nH]2)cc1. The first-order chi connectivity index (χ1) is 15.4. The van der Waals surface area contributed by atoms with Crippen molar-refractivity contribution in [1.29, 1.82) is 0 Å². The molecule has 10 heteroatoms. The van der Waals surface area contributed by atoms with Crippen molar-refractivity contribution in [3.05, 3.63) is 81.8 Å². The van der Waals surface area contributed by atoms with E-state index >= 15 is 0 Å². The number of hydrogen-bond donors (Lipinski definition) is 4. The van der Waals surface area contributed by atoms with Crippen LogP contribution >= 0.6 is 23.2 Å². The van der Waals surface area contributed by atoms with Gasteiger partial charge in [0.05, 0.1) is 22.1 Å². The molecule has 4 N–H and O–H groups in total. The summed E-state index contributed by atoms with van der Waals surface area (Å²) in [6, 6.07) is 16.7. The molecule has 0 aliphatic heterocycles. The molecule has 5 aromatic rings. The van der Waals surface area contributed by atoms with Crippen LogP contribution in [-0.2, 0) is 0 Å². The topological polar surface area (TPSA) is 116 Å². The molecule has 0 aliphatic rings. The van der Waals surface area contributed by atoms with E-state index in [-0.39, 0.29) is 11.8 Å². The number of nitrogens with one attached hydrogen (secondary N) is 4. The summed E-state index contributed by atoms with van der Waals surface area (Å²) in [4.78, 5) is 39.7. The minimum absolute atomic E-state index is 0.305. The quantitative estimate of drug-likeness (QED) is 0.290. The summed E-state index contributed by atoms with van der Waals surface area (Å²) in [5.41, 5.74) is 3.55. The van der Waals surface area contributed by atoms with Crippen LogP contribution in [0.2, 0.25) is 10.0 Å². The number of amides is 2. The molecular formula is C22H14Cl2N6O2. The molecule has 2 amide bonds. The Balaban J connectivity index is 1.27. The van der Waals surface area contributed by atoms with E-state index in [1.807, 2.05) is 0 Å². The molecule has 2 heterocycles. The number of hydrogen-bond acceptors (Lipinski definition) is 4. The van der Waals surface area contributed by atoms with Gasteiger partial charge in [-0.1, -0.05) is 23.2 Å². The number of aromatic amines is 2. The number of rotatable bonds is 4. The number of anilines is 2. The first-order valence-electron chi connectivity index (χ1n) is 9.48. The van der Waals surface area contributed by atoms with E-state index < -0.39 is 0 Å². The highest BCUT2D eigenvalue weighted by Crippen LogP contribution is 2.21. The third kappa shape index (κ3) is 4.01. The molecular weight excluding hydrogens is 451 g/mol. The smallest absolute Gasteiger partial charge is 0.257 e. The van der Waals surface area contributed by atoms with Gasteiger partial charge in [-0.2, -0.15) is 0 Å². The summed E-state index contributed by atoms with van der Waals surface area (Å²) in [6.07, 6.45) is 0. The molecule has 2 aromatic heterocycles. The molecule has 0 saturated heterocycles. The zero-order valence-electron chi connectivity index (χ0n) is 16.2. The summed E-state index contributed by atoms with van der Waals surface area (Å²) in [6.45, 7) is 0. The molecule has 0 spiro atoms. The highest BCUT2D eigenvalue weighted by atomic mass is 35.5. The van der Waals surface area contributed by atoms with E-state index in [9.17, 15) is 9.59 Å². The molecule has 5 rings (SSSR count). The van der Waals surface area contributed by atoms with Gasteiger partial charge in [0.15, 0.2) is 0 Å². The number of H-pyrrole nitrogens is 2. The number of nitrogens with zero attached hydrogens (tertiary/aromatic N) is 2. The van der Waals surface area contributed by atoms with E-state index in [2.05, 4.69) is 30.6 Å². The van der Waals surface area contributed by atoms with Crippen LogP contribution in [0.5, 0.6) is 0 Å². The minimum atomic E-state index is -0.365. The summed E-state index contributed by atoms with van der Waals surface area (Å²) in [5.74, 6) is -0.120. The Morgan fingerprint density at radius 2 is 1.06 bits per heavy atom. The predicted molar refractivity (Wildman–Crippen MR) is 125 cm³/mol. The number of fused-ring (bicyclic) bond motifs is 2. The molecule has 0 aliphatic carbocycles. The Morgan fingerprint density at radius 3 is 1.47 bits per heavy atom. The van der Waals surface area contributed by atoms with Gasteiger partial charge in [-0.25, -0.2) is 9.97 Å². The van der Waals surface area contributed by atoms with Crippen LogP contribution in [0.25, 0.3) is 22.1 Å². The van der Waals surface area contributed by atoms with Crippen molar-refractivity contribution in [2.24, 2.45) is 0 Å². The van der Waals surface area contributed by atoms with Crippen LogP contribution in [0.4, 0.5) is 11.9 Å². The van der Waals surface area contributed by atoms with E-state index in [1.54, 1.807) is 60.7 Å². The van der Waals surface area contributed by atoms with Crippen molar-refractivity contribution in [3.8, 4) is 0 Å². The molecule has 8 nitrogen and oxygen atoms in total. The predicted octanol–water partition coefficient (Wildman–Crippen LogP) is 5.25. The lowest BCUT2D eigenvalue weighted by Crippen LogP contribution is -2.15. The number of carbonyl (C=O) groups excluding carboxylic acids is 2. The van der Waals surface area contributed by atoms with Crippen molar-refractivity contribution in [3.63, 3.8) is 0 Å². The number of benzene rings is 3. The van der Waals surface area contributed by atoms with Gasteiger partial charge in [0, 0.05) is 21.2 Å². The van der Waals surface area contributed by atoms with Crippen molar-refractivity contribution >= 4 is 69.0 Å². The second-order valence-corrected chi connectivity index (χ2v) is 7.85. The van der Waals surface area contributed by atoms with Gasteiger partial charge >= 0.3 is 0 Å². The number of halogens is 2. The van der Waals surface area contributed by atoms with Crippen LogP contribution in [-0.4, -0.2) is 31.8 Å². The van der Waals surface area contributed by atoms with Crippen molar-refractivity contribution in [2.75, 3.05) is 10.6 Å². The molecule has 0 bridgehead atoms. The van der Waals surface area contributed by atoms with Gasteiger partial charge in [0.25, 0.3) is 11.8 Å². The highest BCUT2D eigenvalue weighted by molar-refractivity contribution is 6.31. The maximum atomic E-state index is 12.5. The number of imidazole rings is 2. The van der Waals surface area contributed by atoms with Crippen LogP contribution in [0.1, 0.15) is 20.7 Å². The monoisotopic (exact) mass is 464 g/mol. The Morgan fingerprint density at radius 1 is 0.656 bits per heavy atom. The second-order valence-electron chi connectivity index (χ2n) is 6.98. The molecule has 0 saturated carbocycles. The van der Waals surface area contributed by atoms with E-state index in [4.69, 9.17) is 23.2 Å². The summed E-state index contributed by atoms with van der Waals surface area (Å²) in [7, 11) is 0. The molecule has 158 valence electrons. The Bertz CT molecular complexity index is 1380. The second kappa shape index (κ2) is 7.99. The fraction of sp³-hybridized carbons (Fsp3) is 0. The van der Waals surface area contributed by atoms with Gasteiger partial charge in [-0.3, -0.25) is 20.2 Å². The van der Waals surface area contributed by atoms with Crippen LogP contribution in [0, 0.1) is 0 Å². The Hall–Kier alpha value is -3.88. The minimum Gasteiger partial charge on any atom is -0.324 e. The maximum absolute atomic E-state index is 12.5. The number of carbonyl (C=O) groups is 2. The average Bonchev–Trinajstić information content (AvgIpc) is 3.35. The molecule has 0 unspecified atom stereocenters. The zero-order chi connectivity index (χ0) is 22.2. The third-order valence-corrected chi connectivity index (χ3v) is 5.23. The van der Waals surface area contributed by atoms with Crippen molar-refractivity contribution in [1.82, 2.24) is 19.9 Å². The molecule has 32 heavy (non-hydrogen) atoms. The lowest BCUT2D eigenvalue weighted by Gasteiger charge is -2.04. The Kier molecular flexibility index (Phi) is 5.01. The normalized spacial score (nSPS) is 11.1. The van der Waals surface area contributed by atoms with Crippen LogP contribution in [0.3, 0.4) is 0 Å². The first-order valence-corrected chi connectivity index (χ1v) is 10.2. The van der Waals surface area contributed by atoms with Gasteiger partial charge in [0.1, 0.15) is 0 Å². The van der Waals surface area contributed by atoms with E-state index in [0.29, 0.717) is 44.1 Å².